The minimum absolute atomic E-state index is 0.235. The summed E-state index contributed by atoms with van der Waals surface area (Å²) in [4.78, 5) is 4.58. The highest BCUT2D eigenvalue weighted by Gasteiger charge is 2.39. The van der Waals surface area contributed by atoms with Crippen molar-refractivity contribution in [2.75, 3.05) is 5.75 Å². The number of rotatable bonds is 3. The number of nitrogens with zero attached hydrogens (tertiary/aromatic N) is 4. The average Bonchev–Trinajstić information content (AvgIpc) is 2.90. The van der Waals surface area contributed by atoms with Crippen molar-refractivity contribution >= 4 is 17.4 Å². The third kappa shape index (κ3) is 2.80. The summed E-state index contributed by atoms with van der Waals surface area (Å²) in [5, 5.41) is 7.73. The molecule has 8 heteroatoms. The van der Waals surface area contributed by atoms with E-state index < -0.39 is 12.0 Å². The second-order valence-electron chi connectivity index (χ2n) is 5.90. The van der Waals surface area contributed by atoms with Crippen LogP contribution in [0.4, 0.5) is 13.2 Å². The van der Waals surface area contributed by atoms with Gasteiger partial charge in [0, 0.05) is 11.4 Å². The molecule has 0 radical (unpaired) electrons. The predicted octanol–water partition coefficient (Wildman–Crippen LogP) is 3.77. The SMILES string of the molecule is CC(C)CSc1nc2c(n3c(C(F)(F)F)nnc13)CCCC2. The normalized spacial score (nSPS) is 15.5. The molecule has 0 aromatic carbocycles. The Bertz CT molecular complexity index is 693. The summed E-state index contributed by atoms with van der Waals surface area (Å²) < 4.78 is 40.8. The van der Waals surface area contributed by atoms with Gasteiger partial charge in [-0.2, -0.15) is 13.2 Å². The Morgan fingerprint density at radius 2 is 1.91 bits per heavy atom. The van der Waals surface area contributed by atoms with Crippen molar-refractivity contribution in [3.63, 3.8) is 0 Å². The van der Waals surface area contributed by atoms with Crippen LogP contribution in [0.15, 0.2) is 5.03 Å². The van der Waals surface area contributed by atoms with Crippen LogP contribution in [0, 0.1) is 5.92 Å². The van der Waals surface area contributed by atoms with Crippen molar-refractivity contribution < 1.29 is 13.2 Å². The number of thioether (sulfide) groups is 1. The van der Waals surface area contributed by atoms with Crippen LogP contribution >= 0.6 is 11.8 Å². The molecule has 0 N–H and O–H groups in total. The van der Waals surface area contributed by atoms with Crippen LogP contribution in [-0.4, -0.2) is 25.3 Å². The number of hydrogen-bond donors (Lipinski definition) is 0. The number of aromatic nitrogens is 4. The van der Waals surface area contributed by atoms with E-state index in [-0.39, 0.29) is 5.65 Å². The van der Waals surface area contributed by atoms with Crippen molar-refractivity contribution in [1.82, 2.24) is 19.6 Å². The maximum atomic E-state index is 13.2. The van der Waals surface area contributed by atoms with Crippen LogP contribution in [0.5, 0.6) is 0 Å². The van der Waals surface area contributed by atoms with Gasteiger partial charge in [0.2, 0.25) is 5.82 Å². The zero-order valence-corrected chi connectivity index (χ0v) is 13.3. The molecule has 0 fully saturated rings. The van der Waals surface area contributed by atoms with Crippen molar-refractivity contribution in [2.45, 2.75) is 50.7 Å². The summed E-state index contributed by atoms with van der Waals surface area (Å²) >= 11 is 1.45. The van der Waals surface area contributed by atoms with E-state index in [0.29, 0.717) is 23.1 Å². The van der Waals surface area contributed by atoms with Gasteiger partial charge in [0.05, 0.1) is 5.69 Å². The highest BCUT2D eigenvalue weighted by atomic mass is 32.2. The fourth-order valence-electron chi connectivity index (χ4n) is 2.61. The molecule has 0 aliphatic heterocycles. The summed E-state index contributed by atoms with van der Waals surface area (Å²) in [6.07, 6.45) is -1.36. The second kappa shape index (κ2) is 5.72. The first-order chi connectivity index (χ1) is 10.4. The highest BCUT2D eigenvalue weighted by molar-refractivity contribution is 7.99. The van der Waals surface area contributed by atoms with E-state index in [1.807, 2.05) is 0 Å². The third-order valence-corrected chi connectivity index (χ3v) is 4.96. The lowest BCUT2D eigenvalue weighted by Crippen LogP contribution is -2.18. The van der Waals surface area contributed by atoms with Crippen molar-refractivity contribution in [2.24, 2.45) is 5.92 Å². The minimum atomic E-state index is -4.51. The molecular formula is C14H17F3N4S. The Labute approximate surface area is 130 Å². The molecule has 1 aliphatic rings. The Morgan fingerprint density at radius 3 is 2.59 bits per heavy atom. The molecule has 2 aromatic rings. The lowest BCUT2D eigenvalue weighted by molar-refractivity contribution is -0.145. The van der Waals surface area contributed by atoms with Crippen molar-refractivity contribution in [1.29, 1.82) is 0 Å². The van der Waals surface area contributed by atoms with E-state index in [4.69, 9.17) is 0 Å². The molecule has 2 aromatic heterocycles. The van der Waals surface area contributed by atoms with Crippen LogP contribution in [0.2, 0.25) is 0 Å². The number of halogens is 3. The summed E-state index contributed by atoms with van der Waals surface area (Å²) in [7, 11) is 0. The topological polar surface area (TPSA) is 43.1 Å². The van der Waals surface area contributed by atoms with Crippen LogP contribution in [0.1, 0.15) is 43.9 Å². The van der Waals surface area contributed by atoms with E-state index in [9.17, 15) is 13.2 Å². The average molecular weight is 330 g/mol. The Kier molecular flexibility index (Phi) is 4.05. The van der Waals surface area contributed by atoms with Gasteiger partial charge in [0.1, 0.15) is 5.03 Å². The monoisotopic (exact) mass is 330 g/mol. The van der Waals surface area contributed by atoms with Crippen molar-refractivity contribution in [3.05, 3.63) is 17.2 Å². The molecule has 0 saturated carbocycles. The number of aryl methyl sites for hydroxylation is 2. The molecule has 0 spiro atoms. The maximum Gasteiger partial charge on any atom is 0.452 e. The molecule has 4 nitrogen and oxygen atoms in total. The molecule has 0 bridgehead atoms. The Balaban J connectivity index is 2.19. The van der Waals surface area contributed by atoms with Crippen LogP contribution in [-0.2, 0) is 19.0 Å². The quantitative estimate of drug-likeness (QED) is 0.804. The van der Waals surface area contributed by atoms with Gasteiger partial charge in [-0.1, -0.05) is 13.8 Å². The molecular weight excluding hydrogens is 313 g/mol. The first kappa shape index (κ1) is 15.6. The van der Waals surface area contributed by atoms with Gasteiger partial charge in [0.25, 0.3) is 0 Å². The molecule has 0 atom stereocenters. The molecule has 120 valence electrons. The van der Waals surface area contributed by atoms with Gasteiger partial charge >= 0.3 is 6.18 Å². The molecule has 0 unspecified atom stereocenters. The van der Waals surface area contributed by atoms with Crippen LogP contribution in [0.25, 0.3) is 5.65 Å². The summed E-state index contributed by atoms with van der Waals surface area (Å²) in [5.41, 5.74) is 1.61. The molecule has 2 heterocycles. The van der Waals surface area contributed by atoms with Crippen molar-refractivity contribution in [3.8, 4) is 0 Å². The summed E-state index contributed by atoms with van der Waals surface area (Å²) in [5.74, 6) is 0.276. The van der Waals surface area contributed by atoms with Gasteiger partial charge in [-0.3, -0.25) is 4.40 Å². The molecule has 3 rings (SSSR count). The van der Waals surface area contributed by atoms with E-state index in [1.54, 1.807) is 0 Å². The lowest BCUT2D eigenvalue weighted by atomic mass is 10.0. The van der Waals surface area contributed by atoms with Gasteiger partial charge in [-0.05, 0) is 31.6 Å². The first-order valence-corrected chi connectivity index (χ1v) is 8.33. The fraction of sp³-hybridized carbons (Fsp3) is 0.643. The first-order valence-electron chi connectivity index (χ1n) is 7.35. The van der Waals surface area contributed by atoms with Gasteiger partial charge in [-0.15, -0.1) is 22.0 Å². The maximum absolute atomic E-state index is 13.2. The third-order valence-electron chi connectivity index (χ3n) is 3.58. The summed E-state index contributed by atoms with van der Waals surface area (Å²) in [6.45, 7) is 4.13. The van der Waals surface area contributed by atoms with Gasteiger partial charge in [0.15, 0.2) is 5.65 Å². The standard InChI is InChI=1S/C14H17F3N4S/c1-8(2)7-22-12-11-19-20-13(14(15,16)17)21(11)10-6-4-3-5-9(10)18-12/h8H,3-7H2,1-2H3. The number of hydrogen-bond acceptors (Lipinski definition) is 4. The predicted molar refractivity (Wildman–Crippen MR) is 78.0 cm³/mol. The van der Waals surface area contributed by atoms with Gasteiger partial charge in [-0.25, -0.2) is 4.98 Å². The second-order valence-corrected chi connectivity index (χ2v) is 6.91. The smallest absolute Gasteiger partial charge is 0.272 e. The Hall–Kier alpha value is -1.31. The zero-order valence-electron chi connectivity index (χ0n) is 12.4. The van der Waals surface area contributed by atoms with E-state index in [1.165, 1.54) is 16.2 Å². The molecule has 0 saturated heterocycles. The zero-order chi connectivity index (χ0) is 15.9. The summed E-state index contributed by atoms with van der Waals surface area (Å²) in [6, 6.07) is 0. The van der Waals surface area contributed by atoms with Gasteiger partial charge < -0.3 is 0 Å². The van der Waals surface area contributed by atoms with E-state index >= 15 is 0 Å². The number of alkyl halides is 3. The lowest BCUT2D eigenvalue weighted by Gasteiger charge is -2.19. The van der Waals surface area contributed by atoms with E-state index in [2.05, 4.69) is 29.0 Å². The van der Waals surface area contributed by atoms with E-state index in [0.717, 1.165) is 30.7 Å². The molecule has 1 aliphatic carbocycles. The van der Waals surface area contributed by atoms with Crippen LogP contribution < -0.4 is 0 Å². The Morgan fingerprint density at radius 1 is 1.18 bits per heavy atom. The van der Waals surface area contributed by atoms with Crippen LogP contribution in [0.3, 0.4) is 0 Å². The number of fused-ring (bicyclic) bond motifs is 3. The fourth-order valence-corrected chi connectivity index (χ4v) is 3.54. The highest BCUT2D eigenvalue weighted by Crippen LogP contribution is 2.34. The minimum Gasteiger partial charge on any atom is -0.272 e. The molecule has 22 heavy (non-hydrogen) atoms. The molecule has 0 amide bonds. The largest absolute Gasteiger partial charge is 0.452 e.